The van der Waals surface area contributed by atoms with Gasteiger partial charge in [0.1, 0.15) is 5.82 Å². The average Bonchev–Trinajstić information content (AvgIpc) is 2.64. The number of hydrogen-bond acceptors (Lipinski definition) is 3. The molecule has 5 nitrogen and oxygen atoms in total. The molecule has 0 bridgehead atoms. The Morgan fingerprint density at radius 2 is 1.75 bits per heavy atom. The Balaban J connectivity index is 1.79. The third-order valence-corrected chi connectivity index (χ3v) is 5.59. The van der Waals surface area contributed by atoms with Crippen molar-refractivity contribution in [3.8, 4) is 0 Å². The van der Waals surface area contributed by atoms with Crippen LogP contribution < -0.4 is 9.62 Å². The molecule has 7 heteroatoms. The number of rotatable bonds is 10. The molecule has 0 saturated heterocycles. The molecule has 0 aliphatic heterocycles. The lowest BCUT2D eigenvalue weighted by Gasteiger charge is -2.22. The van der Waals surface area contributed by atoms with E-state index in [0.717, 1.165) is 19.1 Å². The van der Waals surface area contributed by atoms with Crippen molar-refractivity contribution >= 4 is 21.6 Å². The van der Waals surface area contributed by atoms with Crippen LogP contribution in [0.4, 0.5) is 10.1 Å². The molecule has 0 radical (unpaired) electrons. The maximum atomic E-state index is 13.1. The Morgan fingerprint density at radius 3 is 2.36 bits per heavy atom. The summed E-state index contributed by atoms with van der Waals surface area (Å²) in [6, 6.07) is 15.4. The van der Waals surface area contributed by atoms with Crippen LogP contribution in [0.3, 0.4) is 0 Å². The number of hydrogen-bond donors (Lipinski definition) is 1. The van der Waals surface area contributed by atoms with Crippen molar-refractivity contribution in [2.45, 2.75) is 38.6 Å². The van der Waals surface area contributed by atoms with Crippen molar-refractivity contribution in [3.05, 3.63) is 66.0 Å². The minimum atomic E-state index is -3.51. The molecule has 28 heavy (non-hydrogen) atoms. The SMILES string of the molecule is C[C@H](CCc1ccccc1)NC(=O)CCCN(c1ccc(F)cc1)S(C)(=O)=O. The molecule has 0 aliphatic carbocycles. The number of aryl methyl sites for hydroxylation is 1. The van der Waals surface area contributed by atoms with E-state index >= 15 is 0 Å². The van der Waals surface area contributed by atoms with Crippen LogP contribution in [0.1, 0.15) is 31.7 Å². The summed E-state index contributed by atoms with van der Waals surface area (Å²) in [4.78, 5) is 12.1. The van der Waals surface area contributed by atoms with Gasteiger partial charge in [-0.25, -0.2) is 12.8 Å². The quantitative estimate of drug-likeness (QED) is 0.657. The van der Waals surface area contributed by atoms with Gasteiger partial charge in [-0.15, -0.1) is 0 Å². The van der Waals surface area contributed by atoms with E-state index in [1.54, 1.807) is 0 Å². The third kappa shape index (κ3) is 7.31. The molecule has 2 aromatic rings. The molecular formula is C21H27FN2O3S. The Bertz CT molecular complexity index is 855. The fourth-order valence-electron chi connectivity index (χ4n) is 2.92. The highest BCUT2D eigenvalue weighted by atomic mass is 32.2. The van der Waals surface area contributed by atoms with Gasteiger partial charge in [0.25, 0.3) is 0 Å². The second-order valence-electron chi connectivity index (χ2n) is 6.91. The summed E-state index contributed by atoms with van der Waals surface area (Å²) in [6.45, 7) is 2.12. The first-order valence-corrected chi connectivity index (χ1v) is 11.2. The van der Waals surface area contributed by atoms with Gasteiger partial charge in [-0.2, -0.15) is 0 Å². The molecule has 0 saturated carbocycles. The number of nitrogens with zero attached hydrogens (tertiary/aromatic N) is 1. The second-order valence-corrected chi connectivity index (χ2v) is 8.81. The van der Waals surface area contributed by atoms with Gasteiger partial charge >= 0.3 is 0 Å². The van der Waals surface area contributed by atoms with Crippen LogP contribution in [0.15, 0.2) is 54.6 Å². The summed E-state index contributed by atoms with van der Waals surface area (Å²) < 4.78 is 38.3. The first-order chi connectivity index (χ1) is 13.3. The Morgan fingerprint density at radius 1 is 1.11 bits per heavy atom. The number of benzene rings is 2. The van der Waals surface area contributed by atoms with E-state index in [1.807, 2.05) is 25.1 Å². The topological polar surface area (TPSA) is 66.5 Å². The smallest absolute Gasteiger partial charge is 0.232 e. The molecule has 0 heterocycles. The lowest BCUT2D eigenvalue weighted by molar-refractivity contribution is -0.121. The first-order valence-electron chi connectivity index (χ1n) is 9.32. The zero-order valence-corrected chi connectivity index (χ0v) is 17.1. The van der Waals surface area contributed by atoms with Gasteiger partial charge in [0.15, 0.2) is 0 Å². The number of halogens is 1. The van der Waals surface area contributed by atoms with Crippen molar-refractivity contribution < 1.29 is 17.6 Å². The predicted octanol–water partition coefficient (Wildman–Crippen LogP) is 3.51. The van der Waals surface area contributed by atoms with Gasteiger partial charge in [-0.3, -0.25) is 9.10 Å². The van der Waals surface area contributed by atoms with E-state index in [9.17, 15) is 17.6 Å². The van der Waals surface area contributed by atoms with Crippen LogP contribution in [0.2, 0.25) is 0 Å². The second kappa shape index (κ2) is 10.2. The zero-order valence-electron chi connectivity index (χ0n) is 16.3. The lowest BCUT2D eigenvalue weighted by atomic mass is 10.1. The van der Waals surface area contributed by atoms with Crippen molar-refractivity contribution in [1.29, 1.82) is 0 Å². The molecule has 1 N–H and O–H groups in total. The summed E-state index contributed by atoms with van der Waals surface area (Å²) in [5.74, 6) is -0.533. The monoisotopic (exact) mass is 406 g/mol. The van der Waals surface area contributed by atoms with E-state index in [0.29, 0.717) is 12.1 Å². The molecular weight excluding hydrogens is 379 g/mol. The number of nitrogens with one attached hydrogen (secondary N) is 1. The molecule has 0 aromatic heterocycles. The molecule has 152 valence electrons. The normalized spacial score (nSPS) is 12.4. The molecule has 0 unspecified atom stereocenters. The molecule has 0 fully saturated rings. The van der Waals surface area contributed by atoms with E-state index in [2.05, 4.69) is 17.4 Å². The number of anilines is 1. The highest BCUT2D eigenvalue weighted by molar-refractivity contribution is 7.92. The molecule has 0 spiro atoms. The van der Waals surface area contributed by atoms with Gasteiger partial charge in [-0.1, -0.05) is 30.3 Å². The van der Waals surface area contributed by atoms with E-state index < -0.39 is 15.8 Å². The Labute approximate surface area is 166 Å². The molecule has 2 rings (SSSR count). The van der Waals surface area contributed by atoms with Crippen LogP contribution in [0.5, 0.6) is 0 Å². The lowest BCUT2D eigenvalue weighted by Crippen LogP contribution is -2.35. The summed E-state index contributed by atoms with van der Waals surface area (Å²) in [5, 5.41) is 2.95. The van der Waals surface area contributed by atoms with Crippen LogP contribution in [-0.2, 0) is 21.2 Å². The van der Waals surface area contributed by atoms with Crippen LogP contribution in [-0.4, -0.2) is 33.2 Å². The summed E-state index contributed by atoms with van der Waals surface area (Å²) in [7, 11) is -3.51. The summed E-state index contributed by atoms with van der Waals surface area (Å²) in [5.41, 5.74) is 1.62. The van der Waals surface area contributed by atoms with E-state index in [-0.39, 0.29) is 24.9 Å². The van der Waals surface area contributed by atoms with Crippen molar-refractivity contribution in [3.63, 3.8) is 0 Å². The minimum absolute atomic E-state index is 0.0378. The van der Waals surface area contributed by atoms with Crippen molar-refractivity contribution in [1.82, 2.24) is 5.32 Å². The number of sulfonamides is 1. The number of amides is 1. The van der Waals surface area contributed by atoms with Gasteiger partial charge in [0, 0.05) is 19.0 Å². The molecule has 0 aliphatic rings. The Hall–Kier alpha value is -2.41. The number of carbonyl (C=O) groups excluding carboxylic acids is 1. The zero-order chi connectivity index (χ0) is 20.6. The first kappa shape index (κ1) is 21.9. The molecule has 1 atom stereocenters. The van der Waals surface area contributed by atoms with E-state index in [4.69, 9.17) is 0 Å². The van der Waals surface area contributed by atoms with Gasteiger partial charge < -0.3 is 5.32 Å². The van der Waals surface area contributed by atoms with Crippen molar-refractivity contribution in [2.24, 2.45) is 0 Å². The maximum Gasteiger partial charge on any atom is 0.232 e. The summed E-state index contributed by atoms with van der Waals surface area (Å²) in [6.07, 6.45) is 3.42. The Kier molecular flexibility index (Phi) is 7.99. The van der Waals surface area contributed by atoms with Crippen molar-refractivity contribution in [2.75, 3.05) is 17.1 Å². The molecule has 1 amide bonds. The van der Waals surface area contributed by atoms with Gasteiger partial charge in [0.2, 0.25) is 15.9 Å². The van der Waals surface area contributed by atoms with Crippen LogP contribution in [0.25, 0.3) is 0 Å². The molecule has 2 aromatic carbocycles. The average molecular weight is 407 g/mol. The van der Waals surface area contributed by atoms with E-state index in [1.165, 1.54) is 34.1 Å². The predicted molar refractivity (Wildman–Crippen MR) is 110 cm³/mol. The third-order valence-electron chi connectivity index (χ3n) is 4.40. The fourth-order valence-corrected chi connectivity index (χ4v) is 3.89. The minimum Gasteiger partial charge on any atom is -0.354 e. The highest BCUT2D eigenvalue weighted by Gasteiger charge is 2.18. The standard InChI is InChI=1S/C21H27FN2O3S/c1-17(10-11-18-7-4-3-5-8-18)23-21(25)9-6-16-24(28(2,26)27)20-14-12-19(22)13-15-20/h3-5,7-8,12-15,17H,6,9-11,16H2,1-2H3,(H,23,25)/t17-/m1/s1. The largest absolute Gasteiger partial charge is 0.354 e. The van der Waals surface area contributed by atoms with Gasteiger partial charge in [0.05, 0.1) is 11.9 Å². The van der Waals surface area contributed by atoms with Gasteiger partial charge in [-0.05, 0) is 56.0 Å². The van der Waals surface area contributed by atoms with Crippen LogP contribution in [0, 0.1) is 5.82 Å². The van der Waals surface area contributed by atoms with Crippen LogP contribution >= 0.6 is 0 Å². The fraction of sp³-hybridized carbons (Fsp3) is 0.381. The highest BCUT2D eigenvalue weighted by Crippen LogP contribution is 2.18. The maximum absolute atomic E-state index is 13.1. The number of carbonyl (C=O) groups is 1. The summed E-state index contributed by atoms with van der Waals surface area (Å²) >= 11 is 0.